The van der Waals surface area contributed by atoms with Crippen LogP contribution < -0.4 is 15.4 Å². The van der Waals surface area contributed by atoms with Gasteiger partial charge >= 0.3 is 12.0 Å². The number of nitrogens with one attached hydrogen (secondary N) is 3. The Kier molecular flexibility index (Phi) is 4.30. The van der Waals surface area contributed by atoms with Gasteiger partial charge in [0.2, 0.25) is 5.13 Å². The first-order chi connectivity index (χ1) is 15.2. The molecule has 31 heavy (non-hydrogen) atoms. The van der Waals surface area contributed by atoms with Crippen molar-refractivity contribution in [2.45, 2.75) is 37.8 Å². The Morgan fingerprint density at radius 1 is 1.26 bits per heavy atom. The molecule has 2 amide bonds. The molecule has 2 aliphatic carbocycles. The zero-order chi connectivity index (χ0) is 20.9. The quantitative estimate of drug-likeness (QED) is 0.449. The molecular weight excluding hydrogens is 416 g/mol. The molecule has 0 spiro atoms. The third-order valence-electron chi connectivity index (χ3n) is 6.65. The fraction of sp³-hybridized carbons (Fsp3) is 0.450. The summed E-state index contributed by atoms with van der Waals surface area (Å²) >= 11 is 1.10. The predicted molar refractivity (Wildman–Crippen MR) is 116 cm³/mol. The van der Waals surface area contributed by atoms with Gasteiger partial charge in [-0.25, -0.2) is 14.8 Å². The molecule has 4 heterocycles. The Morgan fingerprint density at radius 2 is 2.10 bits per heavy atom. The average molecular weight is 439 g/mol. The minimum absolute atomic E-state index is 0.186. The minimum atomic E-state index is -0.233. The molecule has 0 unspecified atom stereocenters. The summed E-state index contributed by atoms with van der Waals surface area (Å²) in [5.41, 5.74) is 3.00. The molecule has 4 aromatic rings. The van der Waals surface area contributed by atoms with Crippen molar-refractivity contribution in [3.8, 4) is 6.01 Å². The Hall–Kier alpha value is -3.21. The maximum atomic E-state index is 12.3. The molecule has 6 rings (SSSR count). The molecule has 4 atom stereocenters. The summed E-state index contributed by atoms with van der Waals surface area (Å²) in [5.74, 6) is 1.22. The van der Waals surface area contributed by atoms with Crippen LogP contribution in [0.25, 0.3) is 22.1 Å². The number of carbonyl (C=O) groups excluding carboxylic acids is 1. The fourth-order valence-corrected chi connectivity index (χ4v) is 5.94. The molecule has 2 fully saturated rings. The van der Waals surface area contributed by atoms with E-state index in [2.05, 4.69) is 45.6 Å². The van der Waals surface area contributed by atoms with Crippen LogP contribution in [0.5, 0.6) is 6.01 Å². The van der Waals surface area contributed by atoms with Crippen molar-refractivity contribution in [3.63, 3.8) is 0 Å². The number of hydrogen-bond acceptors (Lipinski definition) is 7. The molecule has 0 aliphatic heterocycles. The van der Waals surface area contributed by atoms with Crippen LogP contribution >= 0.6 is 11.5 Å². The van der Waals surface area contributed by atoms with Gasteiger partial charge in [0.1, 0.15) is 11.2 Å². The van der Waals surface area contributed by atoms with Gasteiger partial charge in [-0.2, -0.15) is 4.98 Å². The lowest BCUT2D eigenvalue weighted by atomic mass is 10.0. The van der Waals surface area contributed by atoms with E-state index in [1.165, 1.54) is 7.11 Å². The number of carbonyl (C=O) groups is 1. The van der Waals surface area contributed by atoms with E-state index in [4.69, 9.17) is 4.74 Å². The van der Waals surface area contributed by atoms with E-state index in [1.807, 2.05) is 18.7 Å². The first-order valence-electron chi connectivity index (χ1n) is 10.4. The smallest absolute Gasteiger partial charge is 0.329 e. The molecule has 160 valence electrons. The number of rotatable bonds is 4. The summed E-state index contributed by atoms with van der Waals surface area (Å²) < 4.78 is 11.3. The number of imidazole rings is 1. The molecule has 0 aromatic carbocycles. The highest BCUT2D eigenvalue weighted by Crippen LogP contribution is 2.49. The molecule has 2 aliphatic rings. The molecule has 3 N–H and O–H groups in total. The summed E-state index contributed by atoms with van der Waals surface area (Å²) in [5, 5.41) is 7.41. The lowest BCUT2D eigenvalue weighted by Crippen LogP contribution is -2.36. The van der Waals surface area contributed by atoms with Gasteiger partial charge < -0.3 is 19.6 Å². The number of ether oxygens (including phenoxy) is 1. The van der Waals surface area contributed by atoms with Crippen molar-refractivity contribution >= 4 is 44.8 Å². The second kappa shape index (κ2) is 7.19. The number of nitrogens with zero attached hydrogens (tertiary/aromatic N) is 5. The van der Waals surface area contributed by atoms with E-state index in [-0.39, 0.29) is 18.1 Å². The van der Waals surface area contributed by atoms with Crippen LogP contribution in [-0.4, -0.2) is 48.1 Å². The molecular formula is C20H22N8O2S. The van der Waals surface area contributed by atoms with E-state index in [0.29, 0.717) is 23.0 Å². The monoisotopic (exact) mass is 438 g/mol. The third-order valence-corrected chi connectivity index (χ3v) is 7.26. The number of fused-ring (bicyclic) bond motifs is 4. The van der Waals surface area contributed by atoms with E-state index < -0.39 is 0 Å². The van der Waals surface area contributed by atoms with Crippen LogP contribution in [0, 0.1) is 11.8 Å². The van der Waals surface area contributed by atoms with Crippen molar-refractivity contribution in [1.82, 2.24) is 34.2 Å². The highest BCUT2D eigenvalue weighted by atomic mass is 32.1. The van der Waals surface area contributed by atoms with Crippen LogP contribution in [0.4, 0.5) is 9.93 Å². The number of methoxy groups -OCH3 is 1. The van der Waals surface area contributed by atoms with E-state index >= 15 is 0 Å². The maximum absolute atomic E-state index is 12.3. The van der Waals surface area contributed by atoms with Crippen LogP contribution in [0.2, 0.25) is 0 Å². The normalized spacial score (nSPS) is 25.2. The Morgan fingerprint density at radius 3 is 2.87 bits per heavy atom. The third kappa shape index (κ3) is 3.19. The van der Waals surface area contributed by atoms with Crippen molar-refractivity contribution in [2.24, 2.45) is 11.8 Å². The highest BCUT2D eigenvalue weighted by Gasteiger charge is 2.43. The van der Waals surface area contributed by atoms with E-state index in [0.717, 1.165) is 59.3 Å². The van der Waals surface area contributed by atoms with Crippen LogP contribution in [0.1, 0.15) is 31.7 Å². The number of aromatic amines is 1. The largest absolute Gasteiger partial charge is 0.466 e. The lowest BCUT2D eigenvalue weighted by Gasteiger charge is -2.18. The molecule has 0 bridgehead atoms. The number of urea groups is 1. The Bertz CT molecular complexity index is 1250. The zero-order valence-electron chi connectivity index (χ0n) is 16.9. The second-order valence-electron chi connectivity index (χ2n) is 8.38. The van der Waals surface area contributed by atoms with Crippen molar-refractivity contribution in [3.05, 3.63) is 24.8 Å². The molecule has 0 saturated heterocycles. The van der Waals surface area contributed by atoms with Gasteiger partial charge in [-0.05, 0) is 43.6 Å². The van der Waals surface area contributed by atoms with Crippen molar-refractivity contribution in [2.75, 3.05) is 12.4 Å². The van der Waals surface area contributed by atoms with Crippen LogP contribution in [0.15, 0.2) is 24.8 Å². The maximum Gasteiger partial charge on any atom is 0.329 e. The summed E-state index contributed by atoms with van der Waals surface area (Å²) in [6, 6.07) is 2.73. The van der Waals surface area contributed by atoms with Gasteiger partial charge in [-0.15, -0.1) is 4.37 Å². The average Bonchev–Trinajstić information content (AvgIpc) is 3.53. The fourth-order valence-electron chi connectivity index (χ4n) is 5.40. The lowest BCUT2D eigenvalue weighted by molar-refractivity contribution is 0.247. The number of amides is 2. The van der Waals surface area contributed by atoms with Gasteiger partial charge in [-0.1, -0.05) is 0 Å². The summed E-state index contributed by atoms with van der Waals surface area (Å²) in [6.45, 7) is 0. The highest BCUT2D eigenvalue weighted by molar-refractivity contribution is 7.10. The topological polar surface area (TPSA) is 123 Å². The van der Waals surface area contributed by atoms with Gasteiger partial charge in [0, 0.05) is 35.2 Å². The van der Waals surface area contributed by atoms with Gasteiger partial charge in [0.05, 0.1) is 25.2 Å². The molecule has 11 heteroatoms. The molecule has 0 radical (unpaired) electrons. The van der Waals surface area contributed by atoms with Gasteiger partial charge in [-0.3, -0.25) is 5.32 Å². The summed E-state index contributed by atoms with van der Waals surface area (Å²) in [7, 11) is 1.50. The van der Waals surface area contributed by atoms with Gasteiger partial charge in [0.25, 0.3) is 0 Å². The number of H-pyrrole nitrogens is 1. The molecule has 4 aromatic heterocycles. The standard InChI is InChI=1S/C20H22N8O2S/c1-30-19-26-20(31-27-19)25-18(29)24-12-4-10-6-13(7-11(10)5-12)28-9-23-15-8-22-17-14(16(15)28)2-3-21-17/h2-3,8-13H,4-7H2,1H3,(H,21,22)(H2,24,25,26,27,29)/t10-,11+,12+,13-. The first-order valence-corrected chi connectivity index (χ1v) is 11.2. The molecule has 2 saturated carbocycles. The van der Waals surface area contributed by atoms with Crippen LogP contribution in [0.3, 0.4) is 0 Å². The molecule has 10 nitrogen and oxygen atoms in total. The SMILES string of the molecule is COc1nsc(NC(=O)N[C@H]2C[C@@H]3C[C@@H](n4cnc5cnc6[nH]ccc6c54)C[C@@H]3C2)n1. The number of anilines is 1. The predicted octanol–water partition coefficient (Wildman–Crippen LogP) is 3.32. The van der Waals surface area contributed by atoms with Crippen molar-refractivity contribution < 1.29 is 9.53 Å². The summed E-state index contributed by atoms with van der Waals surface area (Å²) in [4.78, 5) is 28.6. The summed E-state index contributed by atoms with van der Waals surface area (Å²) in [6.07, 6.45) is 9.95. The van der Waals surface area contributed by atoms with Crippen LogP contribution in [-0.2, 0) is 0 Å². The second-order valence-corrected chi connectivity index (χ2v) is 9.13. The first kappa shape index (κ1) is 18.6. The minimum Gasteiger partial charge on any atom is -0.466 e. The zero-order valence-corrected chi connectivity index (χ0v) is 17.7. The van der Waals surface area contributed by atoms with E-state index in [1.54, 1.807) is 0 Å². The number of aromatic nitrogens is 6. The number of hydrogen-bond donors (Lipinski definition) is 3. The Labute approximate surface area is 181 Å². The van der Waals surface area contributed by atoms with Gasteiger partial charge in [0.15, 0.2) is 0 Å². The Balaban J connectivity index is 1.11. The number of pyridine rings is 1. The van der Waals surface area contributed by atoms with Crippen molar-refractivity contribution in [1.29, 1.82) is 0 Å². The van der Waals surface area contributed by atoms with E-state index in [9.17, 15) is 4.79 Å².